The van der Waals surface area contributed by atoms with Crippen LogP contribution in [0.25, 0.3) is 105 Å². The smallest absolute Gasteiger partial charge is 0.187 e. The largest absolute Gasteiger partial charge is 0.247 e. The summed E-state index contributed by atoms with van der Waals surface area (Å²) in [5.41, 5.74) is 8.31. The fourth-order valence-electron chi connectivity index (χ4n) is 7.51. The Morgan fingerprint density at radius 3 is 1.33 bits per heavy atom. The van der Waals surface area contributed by atoms with E-state index in [1.54, 1.807) is 0 Å². The van der Waals surface area contributed by atoms with Crippen LogP contribution < -0.4 is 0 Å². The number of fused-ring (bicyclic) bond motifs is 8. The molecule has 54 heavy (non-hydrogen) atoms. The van der Waals surface area contributed by atoms with Gasteiger partial charge in [0.15, 0.2) is 23.2 Å². The Morgan fingerprint density at radius 1 is 0.333 bits per heavy atom. The molecular weight excluding hydrogens is 659 g/mol. The van der Waals surface area contributed by atoms with Gasteiger partial charge in [-0.05, 0) is 44.3 Å². The second kappa shape index (κ2) is 12.9. The summed E-state index contributed by atoms with van der Waals surface area (Å²) in [6.45, 7) is 7.51. The number of rotatable bonds is 5. The highest BCUT2D eigenvalue weighted by Crippen LogP contribution is 2.43. The molecule has 0 spiro atoms. The van der Waals surface area contributed by atoms with E-state index in [9.17, 15) is 0 Å². The highest BCUT2D eigenvalue weighted by Gasteiger charge is 2.18. The summed E-state index contributed by atoms with van der Waals surface area (Å²) in [4.78, 5) is 23.7. The summed E-state index contributed by atoms with van der Waals surface area (Å²) in [5.74, 6) is 1.89. The third-order valence-electron chi connectivity index (χ3n) is 10.1. The molecule has 0 bridgehead atoms. The van der Waals surface area contributed by atoms with Crippen molar-refractivity contribution in [2.45, 2.75) is 0 Å². The molecule has 0 fully saturated rings. The molecule has 250 valence electrons. The lowest BCUT2D eigenvalue weighted by Crippen LogP contribution is -2.00. The molecule has 2 aromatic heterocycles. The van der Waals surface area contributed by atoms with E-state index in [2.05, 4.69) is 95.8 Å². The Kier molecular flexibility index (Phi) is 7.45. The maximum atomic E-state index is 7.51. The Bertz CT molecular complexity index is 3020. The van der Waals surface area contributed by atoms with E-state index in [4.69, 9.17) is 26.5 Å². The summed E-state index contributed by atoms with van der Waals surface area (Å²) in [6.07, 6.45) is 0. The van der Waals surface area contributed by atoms with Crippen molar-refractivity contribution >= 4 is 48.9 Å². The molecule has 0 aliphatic rings. The Labute approximate surface area is 311 Å². The summed E-state index contributed by atoms with van der Waals surface area (Å²) in [6, 6.07) is 60.1. The van der Waals surface area contributed by atoms with Crippen LogP contribution in [0.2, 0.25) is 0 Å². The SMILES string of the molecule is [C-]#[N+]c1ccc(-c2nc3cc(-c4ccc(-c5nc(-c6ccccc6)nc(-c6ccccc6)n5)cc4)ccc3c3c4ccccc4c4ccccc4c23)cc1. The monoisotopic (exact) mass is 687 g/mol. The van der Waals surface area contributed by atoms with E-state index in [1.807, 2.05) is 84.9 Å². The second-order valence-electron chi connectivity index (χ2n) is 13.3. The molecule has 10 aromatic rings. The van der Waals surface area contributed by atoms with Gasteiger partial charge in [-0.1, -0.05) is 170 Å². The van der Waals surface area contributed by atoms with Gasteiger partial charge in [0.25, 0.3) is 0 Å². The number of pyridine rings is 1. The third-order valence-corrected chi connectivity index (χ3v) is 10.1. The van der Waals surface area contributed by atoms with Crippen molar-refractivity contribution in [2.24, 2.45) is 0 Å². The number of hydrogen-bond donors (Lipinski definition) is 0. The Hall–Kier alpha value is -7.55. The Balaban J connectivity index is 1.13. The molecule has 0 atom stereocenters. The van der Waals surface area contributed by atoms with E-state index in [0.717, 1.165) is 60.8 Å². The molecule has 5 heteroatoms. The average Bonchev–Trinajstić information content (AvgIpc) is 3.26. The second-order valence-corrected chi connectivity index (χ2v) is 13.3. The van der Waals surface area contributed by atoms with Crippen molar-refractivity contribution in [3.05, 3.63) is 187 Å². The van der Waals surface area contributed by atoms with Gasteiger partial charge in [-0.25, -0.2) is 24.8 Å². The highest BCUT2D eigenvalue weighted by atomic mass is 15.0. The molecule has 10 rings (SSSR count). The van der Waals surface area contributed by atoms with Gasteiger partial charge < -0.3 is 0 Å². The van der Waals surface area contributed by atoms with E-state index >= 15 is 0 Å². The summed E-state index contributed by atoms with van der Waals surface area (Å²) >= 11 is 0. The lowest BCUT2D eigenvalue weighted by Gasteiger charge is -2.17. The summed E-state index contributed by atoms with van der Waals surface area (Å²) in [5, 5.41) is 8.16. The quantitative estimate of drug-likeness (QED) is 0.133. The fraction of sp³-hybridized carbons (Fsp3) is 0. The first-order chi connectivity index (χ1) is 26.7. The van der Waals surface area contributed by atoms with Gasteiger partial charge in [0.2, 0.25) is 0 Å². The van der Waals surface area contributed by atoms with Gasteiger partial charge in [0.1, 0.15) is 0 Å². The van der Waals surface area contributed by atoms with Crippen LogP contribution in [0.15, 0.2) is 176 Å². The van der Waals surface area contributed by atoms with E-state index in [1.165, 1.54) is 21.5 Å². The topological polar surface area (TPSA) is 55.9 Å². The van der Waals surface area contributed by atoms with Crippen LogP contribution in [-0.4, -0.2) is 19.9 Å². The summed E-state index contributed by atoms with van der Waals surface area (Å²) in [7, 11) is 0. The molecule has 0 aliphatic carbocycles. The van der Waals surface area contributed by atoms with E-state index in [-0.39, 0.29) is 0 Å². The molecule has 8 aromatic carbocycles. The van der Waals surface area contributed by atoms with Crippen molar-refractivity contribution in [1.29, 1.82) is 0 Å². The zero-order valence-corrected chi connectivity index (χ0v) is 29.0. The van der Waals surface area contributed by atoms with Crippen molar-refractivity contribution in [3.63, 3.8) is 0 Å². The lowest BCUT2D eigenvalue weighted by atomic mass is 9.89. The van der Waals surface area contributed by atoms with Crippen LogP contribution in [0.4, 0.5) is 5.69 Å². The van der Waals surface area contributed by atoms with Crippen LogP contribution >= 0.6 is 0 Å². The van der Waals surface area contributed by atoms with Crippen LogP contribution in [0.5, 0.6) is 0 Å². The van der Waals surface area contributed by atoms with Gasteiger partial charge in [0, 0.05) is 32.8 Å². The minimum atomic E-state index is 0.606. The lowest BCUT2D eigenvalue weighted by molar-refractivity contribution is 1.07. The maximum absolute atomic E-state index is 7.51. The number of aromatic nitrogens is 4. The molecular formula is C49H29N5. The zero-order chi connectivity index (χ0) is 36.0. The van der Waals surface area contributed by atoms with Gasteiger partial charge in [0.05, 0.1) is 17.8 Å². The van der Waals surface area contributed by atoms with Gasteiger partial charge >= 0.3 is 0 Å². The van der Waals surface area contributed by atoms with Crippen molar-refractivity contribution in [3.8, 4) is 56.5 Å². The minimum Gasteiger partial charge on any atom is -0.247 e. The van der Waals surface area contributed by atoms with Crippen molar-refractivity contribution in [2.75, 3.05) is 0 Å². The highest BCUT2D eigenvalue weighted by molar-refractivity contribution is 6.33. The van der Waals surface area contributed by atoms with Crippen LogP contribution in [0, 0.1) is 6.57 Å². The van der Waals surface area contributed by atoms with E-state index < -0.39 is 0 Å². The number of hydrogen-bond acceptors (Lipinski definition) is 4. The van der Waals surface area contributed by atoms with Crippen LogP contribution in [0.1, 0.15) is 0 Å². The standard InChI is InChI=1S/C49H29N5/c1-50-37-27-24-32(25-28-37)46-45-41-19-11-9-17-39(41)38-16-8-10-18-40(38)44(45)42-29-26-36(30-43(42)51-46)31-20-22-35(23-21-31)49-53-47(33-12-4-2-5-13-33)52-48(54-49)34-14-6-3-7-15-34/h2-30H. The normalized spacial score (nSPS) is 11.3. The predicted molar refractivity (Wildman–Crippen MR) is 221 cm³/mol. The molecule has 2 heterocycles. The van der Waals surface area contributed by atoms with Crippen LogP contribution in [-0.2, 0) is 0 Å². The molecule has 5 nitrogen and oxygen atoms in total. The zero-order valence-electron chi connectivity index (χ0n) is 29.0. The first-order valence-corrected chi connectivity index (χ1v) is 17.8. The minimum absolute atomic E-state index is 0.606. The third kappa shape index (κ3) is 5.33. The van der Waals surface area contributed by atoms with Crippen LogP contribution in [0.3, 0.4) is 0 Å². The molecule has 0 saturated heterocycles. The van der Waals surface area contributed by atoms with Crippen molar-refractivity contribution < 1.29 is 0 Å². The average molecular weight is 688 g/mol. The van der Waals surface area contributed by atoms with E-state index in [0.29, 0.717) is 23.2 Å². The predicted octanol–water partition coefficient (Wildman–Crippen LogP) is 12.8. The first kappa shape index (κ1) is 31.2. The molecule has 0 amide bonds. The first-order valence-electron chi connectivity index (χ1n) is 17.8. The molecule has 0 N–H and O–H groups in total. The fourth-order valence-corrected chi connectivity index (χ4v) is 7.51. The van der Waals surface area contributed by atoms with Gasteiger partial charge in [-0.15, -0.1) is 0 Å². The maximum Gasteiger partial charge on any atom is 0.187 e. The summed E-state index contributed by atoms with van der Waals surface area (Å²) < 4.78 is 0. The molecule has 0 radical (unpaired) electrons. The number of nitrogens with zero attached hydrogens (tertiary/aromatic N) is 5. The Morgan fingerprint density at radius 2 is 0.778 bits per heavy atom. The number of benzene rings is 8. The molecule has 0 aliphatic heterocycles. The molecule has 0 unspecified atom stereocenters. The van der Waals surface area contributed by atoms with Gasteiger partial charge in [-0.2, -0.15) is 0 Å². The van der Waals surface area contributed by atoms with Gasteiger partial charge in [-0.3, -0.25) is 0 Å². The van der Waals surface area contributed by atoms with Crippen molar-refractivity contribution in [1.82, 2.24) is 19.9 Å². The molecule has 0 saturated carbocycles.